The lowest BCUT2D eigenvalue weighted by molar-refractivity contribution is 0.162. The second-order valence-electron chi connectivity index (χ2n) is 9.90. The Balaban J connectivity index is 0. The average molecular weight is 537 g/mol. The van der Waals surface area contributed by atoms with Gasteiger partial charge in [0, 0.05) is 13.2 Å². The minimum Gasteiger partial charge on any atom is -0.382 e. The van der Waals surface area contributed by atoms with Crippen LogP contribution in [0.4, 0.5) is 0 Å². The molecule has 0 aromatic carbocycles. The van der Waals surface area contributed by atoms with Crippen LogP contribution in [-0.4, -0.2) is 34.8 Å². The van der Waals surface area contributed by atoms with Crippen LogP contribution in [0.3, 0.4) is 0 Å². The van der Waals surface area contributed by atoms with Crippen LogP contribution < -0.4 is 0 Å². The molecule has 0 rings (SSSR count). The van der Waals surface area contributed by atoms with E-state index in [-0.39, 0.29) is 13.2 Å². The highest BCUT2D eigenvalue weighted by Crippen LogP contribution is 2.13. The second kappa shape index (κ2) is 32.9. The van der Waals surface area contributed by atoms with Crippen molar-refractivity contribution in [2.45, 2.75) is 169 Å². The standard InChI is InChI=1S/C26H54O4S.C4H10O/c1-3-5-7-9-11-13-15-16-18-20-22-24-26-30-31(27,28)29-25-23-21-19-17-14-12-10-8-6-4-2;1-3-5-4-2/h3-26H2,1-2H3;3-4H2,1-2H3. The molecule has 0 aromatic heterocycles. The molecule has 0 saturated carbocycles. The maximum absolute atomic E-state index is 11.7. The first-order valence-electron chi connectivity index (χ1n) is 15.6. The van der Waals surface area contributed by atoms with Crippen LogP contribution >= 0.6 is 0 Å². The Labute approximate surface area is 227 Å². The fourth-order valence-electron chi connectivity index (χ4n) is 4.09. The van der Waals surface area contributed by atoms with Crippen molar-refractivity contribution < 1.29 is 21.5 Å². The lowest BCUT2D eigenvalue weighted by atomic mass is 10.1. The van der Waals surface area contributed by atoms with Crippen LogP contribution in [0.2, 0.25) is 0 Å². The summed E-state index contributed by atoms with van der Waals surface area (Å²) in [5.74, 6) is 0. The first kappa shape index (κ1) is 38.0. The first-order valence-corrected chi connectivity index (χ1v) is 17.0. The fraction of sp³-hybridized carbons (Fsp3) is 1.00. The third-order valence-electron chi connectivity index (χ3n) is 6.36. The van der Waals surface area contributed by atoms with Crippen molar-refractivity contribution in [1.29, 1.82) is 0 Å². The molecule has 0 aliphatic carbocycles. The maximum Gasteiger partial charge on any atom is 0.399 e. The van der Waals surface area contributed by atoms with E-state index in [0.29, 0.717) is 0 Å². The molecule has 0 amide bonds. The summed E-state index contributed by atoms with van der Waals surface area (Å²) in [6.07, 6.45) is 27.3. The summed E-state index contributed by atoms with van der Waals surface area (Å²) in [5.41, 5.74) is 0. The van der Waals surface area contributed by atoms with Crippen LogP contribution in [0.5, 0.6) is 0 Å². The Morgan fingerprint density at radius 1 is 0.389 bits per heavy atom. The van der Waals surface area contributed by atoms with E-state index in [4.69, 9.17) is 13.1 Å². The molecule has 36 heavy (non-hydrogen) atoms. The molecular weight excluding hydrogens is 472 g/mol. The summed E-state index contributed by atoms with van der Waals surface area (Å²) < 4.78 is 38.3. The lowest BCUT2D eigenvalue weighted by Crippen LogP contribution is -2.12. The van der Waals surface area contributed by atoms with Crippen molar-refractivity contribution in [3.05, 3.63) is 0 Å². The van der Waals surface area contributed by atoms with E-state index in [2.05, 4.69) is 13.8 Å². The topological polar surface area (TPSA) is 61.8 Å². The molecule has 0 unspecified atom stereocenters. The van der Waals surface area contributed by atoms with E-state index in [0.717, 1.165) is 45.3 Å². The highest BCUT2D eigenvalue weighted by Gasteiger charge is 2.11. The number of ether oxygens (including phenoxy) is 1. The van der Waals surface area contributed by atoms with Gasteiger partial charge in [0.2, 0.25) is 0 Å². The molecule has 0 aliphatic heterocycles. The average Bonchev–Trinajstić information content (AvgIpc) is 2.86. The van der Waals surface area contributed by atoms with E-state index in [1.165, 1.54) is 109 Å². The van der Waals surface area contributed by atoms with Gasteiger partial charge in [0.15, 0.2) is 0 Å². The van der Waals surface area contributed by atoms with Crippen molar-refractivity contribution in [3.63, 3.8) is 0 Å². The molecule has 0 bridgehead atoms. The van der Waals surface area contributed by atoms with Crippen molar-refractivity contribution in [3.8, 4) is 0 Å². The number of unbranched alkanes of at least 4 members (excludes halogenated alkanes) is 20. The van der Waals surface area contributed by atoms with Gasteiger partial charge in [-0.3, -0.25) is 0 Å². The van der Waals surface area contributed by atoms with Crippen LogP contribution in [0.15, 0.2) is 0 Å². The molecule has 5 nitrogen and oxygen atoms in total. The third-order valence-corrected chi connectivity index (χ3v) is 7.27. The predicted molar refractivity (Wildman–Crippen MR) is 156 cm³/mol. The van der Waals surface area contributed by atoms with E-state index < -0.39 is 10.4 Å². The molecule has 0 spiro atoms. The molecule has 0 radical (unpaired) electrons. The molecule has 0 aromatic rings. The van der Waals surface area contributed by atoms with Gasteiger partial charge in [-0.15, -0.1) is 0 Å². The zero-order valence-electron chi connectivity index (χ0n) is 24.8. The number of hydrogen-bond acceptors (Lipinski definition) is 5. The van der Waals surface area contributed by atoms with Crippen LogP contribution in [-0.2, 0) is 23.5 Å². The molecular formula is C30H64O5S. The number of rotatable bonds is 28. The highest BCUT2D eigenvalue weighted by atomic mass is 32.3. The predicted octanol–water partition coefficient (Wildman–Crippen LogP) is 9.93. The van der Waals surface area contributed by atoms with Gasteiger partial charge in [0.1, 0.15) is 0 Å². The summed E-state index contributed by atoms with van der Waals surface area (Å²) in [6.45, 7) is 10.7. The van der Waals surface area contributed by atoms with Crippen molar-refractivity contribution in [2.24, 2.45) is 0 Å². The third kappa shape index (κ3) is 36.0. The summed E-state index contributed by atoms with van der Waals surface area (Å²) in [6, 6.07) is 0. The van der Waals surface area contributed by atoms with Crippen LogP contribution in [0.1, 0.15) is 169 Å². The Morgan fingerprint density at radius 2 is 0.639 bits per heavy atom. The lowest BCUT2D eigenvalue weighted by Gasteiger charge is -2.06. The van der Waals surface area contributed by atoms with Gasteiger partial charge in [-0.2, -0.15) is 8.42 Å². The molecule has 0 atom stereocenters. The zero-order valence-corrected chi connectivity index (χ0v) is 25.7. The van der Waals surface area contributed by atoms with Gasteiger partial charge in [-0.25, -0.2) is 8.37 Å². The molecule has 0 aliphatic rings. The minimum atomic E-state index is -3.81. The normalized spacial score (nSPS) is 11.4. The van der Waals surface area contributed by atoms with Gasteiger partial charge < -0.3 is 4.74 Å². The largest absolute Gasteiger partial charge is 0.399 e. The van der Waals surface area contributed by atoms with Crippen molar-refractivity contribution >= 4 is 10.4 Å². The molecule has 0 heterocycles. The quantitative estimate of drug-likeness (QED) is 0.0931. The van der Waals surface area contributed by atoms with E-state index >= 15 is 0 Å². The summed E-state index contributed by atoms with van der Waals surface area (Å²) in [4.78, 5) is 0. The van der Waals surface area contributed by atoms with E-state index in [1.807, 2.05) is 13.8 Å². The summed E-state index contributed by atoms with van der Waals surface area (Å²) >= 11 is 0. The SMILES string of the molecule is CCCCCCCCCCCCCCOS(=O)(=O)OCCCCCCCCCCCC.CCOCC. The second-order valence-corrected chi connectivity index (χ2v) is 11.2. The maximum atomic E-state index is 11.7. The molecule has 220 valence electrons. The van der Waals surface area contributed by atoms with Gasteiger partial charge in [0.05, 0.1) is 13.2 Å². The van der Waals surface area contributed by atoms with E-state index in [9.17, 15) is 8.42 Å². The Kier molecular flexibility index (Phi) is 34.7. The van der Waals surface area contributed by atoms with Crippen molar-refractivity contribution in [2.75, 3.05) is 26.4 Å². The molecule has 0 saturated heterocycles. The van der Waals surface area contributed by atoms with Crippen LogP contribution in [0.25, 0.3) is 0 Å². The molecule has 6 heteroatoms. The Morgan fingerprint density at radius 3 is 0.861 bits per heavy atom. The minimum absolute atomic E-state index is 0.247. The number of hydrogen-bond donors (Lipinski definition) is 0. The summed E-state index contributed by atoms with van der Waals surface area (Å²) in [5, 5.41) is 0. The van der Waals surface area contributed by atoms with Gasteiger partial charge in [-0.05, 0) is 26.7 Å². The smallest absolute Gasteiger partial charge is 0.382 e. The highest BCUT2D eigenvalue weighted by molar-refractivity contribution is 7.81. The molecule has 0 fully saturated rings. The van der Waals surface area contributed by atoms with Crippen LogP contribution in [0, 0.1) is 0 Å². The monoisotopic (exact) mass is 536 g/mol. The molecule has 0 N–H and O–H groups in total. The van der Waals surface area contributed by atoms with Crippen molar-refractivity contribution in [1.82, 2.24) is 0 Å². The Bertz CT molecular complexity index is 480. The Hall–Kier alpha value is -0.170. The first-order chi connectivity index (χ1) is 17.5. The zero-order chi connectivity index (χ0) is 27.0. The van der Waals surface area contributed by atoms with Gasteiger partial charge in [0.25, 0.3) is 0 Å². The van der Waals surface area contributed by atoms with Gasteiger partial charge in [-0.1, -0.05) is 142 Å². The summed E-state index contributed by atoms with van der Waals surface area (Å²) in [7, 11) is -3.81. The van der Waals surface area contributed by atoms with Gasteiger partial charge >= 0.3 is 10.4 Å². The fourth-order valence-corrected chi connectivity index (χ4v) is 4.80. The van der Waals surface area contributed by atoms with E-state index in [1.54, 1.807) is 0 Å².